The molecule has 0 spiro atoms. The average molecular weight is 349 g/mol. The molecule has 0 aromatic heterocycles. The molecule has 1 saturated heterocycles. The summed E-state index contributed by atoms with van der Waals surface area (Å²) >= 11 is 0. The molecule has 0 atom stereocenters. The highest BCUT2D eigenvalue weighted by atomic mass is 32.2. The third-order valence-electron chi connectivity index (χ3n) is 3.51. The van der Waals surface area contributed by atoms with E-state index in [1.54, 1.807) is 16.7 Å². The second kappa shape index (κ2) is 8.49. The molecule has 0 unspecified atom stereocenters. The van der Waals surface area contributed by atoms with Crippen LogP contribution in [0.2, 0.25) is 0 Å². The second-order valence-corrected chi connectivity index (χ2v) is 8.00. The summed E-state index contributed by atoms with van der Waals surface area (Å²) < 4.78 is 29.7. The van der Waals surface area contributed by atoms with E-state index >= 15 is 0 Å². The SMILES string of the molecule is CCOC(=O)N1CCN(C(=O)CN(CC(C)C)S(C)(=O)=O)CC1. The number of rotatable bonds is 6. The third-order valence-corrected chi connectivity index (χ3v) is 4.72. The van der Waals surface area contributed by atoms with Gasteiger partial charge < -0.3 is 14.5 Å². The quantitative estimate of drug-likeness (QED) is 0.684. The van der Waals surface area contributed by atoms with E-state index in [1.807, 2.05) is 13.8 Å². The molecule has 1 aliphatic rings. The highest BCUT2D eigenvalue weighted by molar-refractivity contribution is 7.88. The molecule has 1 fully saturated rings. The van der Waals surface area contributed by atoms with Crippen molar-refractivity contribution in [1.29, 1.82) is 0 Å². The van der Waals surface area contributed by atoms with E-state index in [9.17, 15) is 18.0 Å². The van der Waals surface area contributed by atoms with Gasteiger partial charge in [0.1, 0.15) is 0 Å². The van der Waals surface area contributed by atoms with Crippen molar-refractivity contribution in [2.24, 2.45) is 5.92 Å². The van der Waals surface area contributed by atoms with Crippen molar-refractivity contribution in [3.63, 3.8) is 0 Å². The van der Waals surface area contributed by atoms with E-state index in [-0.39, 0.29) is 24.5 Å². The number of piperazine rings is 1. The Morgan fingerprint density at radius 3 is 2.09 bits per heavy atom. The van der Waals surface area contributed by atoms with Crippen molar-refractivity contribution in [2.75, 3.05) is 52.1 Å². The van der Waals surface area contributed by atoms with Crippen LogP contribution in [0.15, 0.2) is 0 Å². The van der Waals surface area contributed by atoms with Gasteiger partial charge in [-0.05, 0) is 12.8 Å². The van der Waals surface area contributed by atoms with Gasteiger partial charge in [0, 0.05) is 32.7 Å². The first-order valence-electron chi connectivity index (χ1n) is 7.79. The Morgan fingerprint density at radius 2 is 1.65 bits per heavy atom. The number of sulfonamides is 1. The maximum absolute atomic E-state index is 12.3. The summed E-state index contributed by atoms with van der Waals surface area (Å²) in [6.07, 6.45) is 0.735. The van der Waals surface area contributed by atoms with Gasteiger partial charge in [0.15, 0.2) is 0 Å². The first-order valence-corrected chi connectivity index (χ1v) is 9.64. The van der Waals surface area contributed by atoms with E-state index in [4.69, 9.17) is 4.74 Å². The van der Waals surface area contributed by atoms with Crippen LogP contribution in [0.4, 0.5) is 4.79 Å². The van der Waals surface area contributed by atoms with E-state index in [0.717, 1.165) is 6.26 Å². The van der Waals surface area contributed by atoms with Crippen molar-refractivity contribution >= 4 is 22.0 Å². The van der Waals surface area contributed by atoms with E-state index in [2.05, 4.69) is 0 Å². The summed E-state index contributed by atoms with van der Waals surface area (Å²) in [5.41, 5.74) is 0. The first kappa shape index (κ1) is 19.7. The molecule has 0 bridgehead atoms. The van der Waals surface area contributed by atoms with Gasteiger partial charge in [0.25, 0.3) is 0 Å². The number of carbonyl (C=O) groups excluding carboxylic acids is 2. The lowest BCUT2D eigenvalue weighted by atomic mass is 10.2. The molecule has 0 N–H and O–H groups in total. The number of ether oxygens (including phenoxy) is 1. The molecule has 0 aliphatic carbocycles. The number of hydrogen-bond acceptors (Lipinski definition) is 5. The van der Waals surface area contributed by atoms with Crippen LogP contribution in [-0.4, -0.2) is 86.7 Å². The highest BCUT2D eigenvalue weighted by Gasteiger charge is 2.28. The molecule has 0 radical (unpaired) electrons. The largest absolute Gasteiger partial charge is 0.450 e. The molecule has 23 heavy (non-hydrogen) atoms. The number of amides is 2. The van der Waals surface area contributed by atoms with Gasteiger partial charge in [-0.3, -0.25) is 4.79 Å². The van der Waals surface area contributed by atoms with Crippen LogP contribution < -0.4 is 0 Å². The summed E-state index contributed by atoms with van der Waals surface area (Å²) in [6.45, 7) is 7.59. The van der Waals surface area contributed by atoms with Crippen molar-refractivity contribution in [1.82, 2.24) is 14.1 Å². The molecule has 134 valence electrons. The van der Waals surface area contributed by atoms with Crippen LogP contribution in [0.3, 0.4) is 0 Å². The van der Waals surface area contributed by atoms with Crippen molar-refractivity contribution < 1.29 is 22.7 Å². The zero-order chi connectivity index (χ0) is 17.6. The molecule has 0 saturated carbocycles. The van der Waals surface area contributed by atoms with Crippen LogP contribution in [-0.2, 0) is 19.6 Å². The predicted molar refractivity (Wildman–Crippen MR) is 86.4 cm³/mol. The van der Waals surface area contributed by atoms with Crippen LogP contribution in [0, 0.1) is 5.92 Å². The molecule has 0 aromatic carbocycles. The predicted octanol–water partition coefficient (Wildman–Crippen LogP) is 0.205. The molecular formula is C14H27N3O5S. The Kier molecular flexibility index (Phi) is 7.27. The molecule has 1 aliphatic heterocycles. The summed E-state index contributed by atoms with van der Waals surface area (Å²) in [7, 11) is -3.42. The van der Waals surface area contributed by atoms with Gasteiger partial charge in [-0.2, -0.15) is 4.31 Å². The van der Waals surface area contributed by atoms with Crippen molar-refractivity contribution in [3.8, 4) is 0 Å². The molecular weight excluding hydrogens is 322 g/mol. The van der Waals surface area contributed by atoms with Crippen molar-refractivity contribution in [2.45, 2.75) is 20.8 Å². The lowest BCUT2D eigenvalue weighted by molar-refractivity contribution is -0.133. The maximum Gasteiger partial charge on any atom is 0.409 e. The number of nitrogens with zero attached hydrogens (tertiary/aromatic N) is 3. The topological polar surface area (TPSA) is 87.2 Å². The lowest BCUT2D eigenvalue weighted by Gasteiger charge is -2.35. The third kappa shape index (κ3) is 6.34. The van der Waals surface area contributed by atoms with E-state index < -0.39 is 10.0 Å². The molecule has 1 heterocycles. The van der Waals surface area contributed by atoms with Crippen LogP contribution >= 0.6 is 0 Å². The van der Waals surface area contributed by atoms with Gasteiger partial charge >= 0.3 is 6.09 Å². The lowest BCUT2D eigenvalue weighted by Crippen LogP contribution is -2.53. The maximum atomic E-state index is 12.3. The fourth-order valence-electron chi connectivity index (χ4n) is 2.33. The van der Waals surface area contributed by atoms with Gasteiger partial charge in [-0.15, -0.1) is 0 Å². The van der Waals surface area contributed by atoms with Crippen molar-refractivity contribution in [3.05, 3.63) is 0 Å². The zero-order valence-electron chi connectivity index (χ0n) is 14.3. The Labute approximate surface area is 138 Å². The van der Waals surface area contributed by atoms with E-state index in [1.165, 1.54) is 4.31 Å². The Bertz CT molecular complexity index is 513. The number of carbonyl (C=O) groups is 2. The minimum Gasteiger partial charge on any atom is -0.450 e. The smallest absolute Gasteiger partial charge is 0.409 e. The normalized spacial score (nSPS) is 16.1. The molecule has 0 aromatic rings. The zero-order valence-corrected chi connectivity index (χ0v) is 15.1. The second-order valence-electron chi connectivity index (χ2n) is 6.02. The molecule has 1 rings (SSSR count). The summed E-state index contributed by atoms with van der Waals surface area (Å²) in [6, 6.07) is 0. The van der Waals surface area contributed by atoms with Crippen LogP contribution in [0.25, 0.3) is 0 Å². The summed E-state index contributed by atoms with van der Waals surface area (Å²) in [4.78, 5) is 27.1. The summed E-state index contributed by atoms with van der Waals surface area (Å²) in [5.74, 6) is -0.0993. The fourth-order valence-corrected chi connectivity index (χ4v) is 3.24. The van der Waals surface area contributed by atoms with E-state index in [0.29, 0.717) is 39.3 Å². The van der Waals surface area contributed by atoms with Crippen LogP contribution in [0.5, 0.6) is 0 Å². The van der Waals surface area contributed by atoms with Gasteiger partial charge in [-0.25, -0.2) is 13.2 Å². The average Bonchev–Trinajstić information content (AvgIpc) is 2.45. The standard InChI is InChI=1S/C14H27N3O5S/c1-5-22-14(19)16-8-6-15(7-9-16)13(18)11-17(10-12(2)3)23(4,20)21/h12H,5-11H2,1-4H3. The fraction of sp³-hybridized carbons (Fsp3) is 0.857. The minimum absolute atomic E-state index is 0.137. The Morgan fingerprint density at radius 1 is 1.13 bits per heavy atom. The molecule has 2 amide bonds. The minimum atomic E-state index is -3.42. The monoisotopic (exact) mass is 349 g/mol. The summed E-state index contributed by atoms with van der Waals surface area (Å²) in [5, 5.41) is 0. The highest BCUT2D eigenvalue weighted by Crippen LogP contribution is 2.08. The van der Waals surface area contributed by atoms with Crippen LogP contribution in [0.1, 0.15) is 20.8 Å². The van der Waals surface area contributed by atoms with Gasteiger partial charge in [-0.1, -0.05) is 13.8 Å². The first-order chi connectivity index (χ1) is 10.6. The molecule has 8 nitrogen and oxygen atoms in total. The Balaban J connectivity index is 2.57. The van der Waals surface area contributed by atoms with Gasteiger partial charge in [0.2, 0.25) is 15.9 Å². The molecule has 9 heteroatoms. The Hall–Kier alpha value is -1.35. The van der Waals surface area contributed by atoms with Gasteiger partial charge in [0.05, 0.1) is 19.4 Å². The number of hydrogen-bond donors (Lipinski definition) is 0.